The predicted octanol–water partition coefficient (Wildman–Crippen LogP) is 2.44. The number of hydrogen-bond donors (Lipinski definition) is 1. The van der Waals surface area contributed by atoms with E-state index in [0.717, 1.165) is 18.5 Å². The molecule has 2 atom stereocenters. The molecule has 1 N–H and O–H groups in total. The van der Waals surface area contributed by atoms with Crippen LogP contribution in [0.15, 0.2) is 11.4 Å². The monoisotopic (exact) mass is 211 g/mol. The van der Waals surface area contributed by atoms with E-state index in [1.165, 1.54) is 17.9 Å². The Kier molecular flexibility index (Phi) is 2.11. The summed E-state index contributed by atoms with van der Waals surface area (Å²) in [7, 11) is 0. The maximum absolute atomic E-state index is 3.66. The van der Waals surface area contributed by atoms with Gasteiger partial charge in [0.05, 0.1) is 0 Å². The van der Waals surface area contributed by atoms with Crippen LogP contribution in [0.1, 0.15) is 22.8 Å². The van der Waals surface area contributed by atoms with Crippen LogP contribution in [-0.4, -0.2) is 17.5 Å². The van der Waals surface area contributed by atoms with Crippen LogP contribution in [0.4, 0.5) is 0 Å². The summed E-state index contributed by atoms with van der Waals surface area (Å²) < 4.78 is 0. The van der Waals surface area contributed by atoms with E-state index in [1.54, 1.807) is 10.4 Å². The molecule has 0 amide bonds. The van der Waals surface area contributed by atoms with Crippen LogP contribution < -0.4 is 5.32 Å². The fourth-order valence-corrected chi connectivity index (χ4v) is 4.49. The second-order valence-electron chi connectivity index (χ2n) is 3.76. The molecule has 2 unspecified atom stereocenters. The van der Waals surface area contributed by atoms with Crippen molar-refractivity contribution in [3.63, 3.8) is 0 Å². The number of nitrogens with one attached hydrogen (secondary N) is 1. The Morgan fingerprint density at radius 3 is 3.46 bits per heavy atom. The molecule has 0 saturated carbocycles. The average Bonchev–Trinajstić information content (AvgIpc) is 2.65. The molecule has 1 aromatic rings. The zero-order chi connectivity index (χ0) is 8.67. The lowest BCUT2D eigenvalue weighted by atomic mass is 9.88. The van der Waals surface area contributed by atoms with Gasteiger partial charge in [-0.2, -0.15) is 11.8 Å². The minimum atomic E-state index is 0.767. The van der Waals surface area contributed by atoms with Crippen LogP contribution in [-0.2, 0) is 6.54 Å². The topological polar surface area (TPSA) is 12.0 Å². The summed E-state index contributed by atoms with van der Waals surface area (Å²) in [6.07, 6.45) is 1.35. The molecule has 0 aromatic carbocycles. The molecule has 0 spiro atoms. The Balaban J connectivity index is 1.97. The lowest BCUT2D eigenvalue weighted by Gasteiger charge is -2.36. The van der Waals surface area contributed by atoms with Crippen molar-refractivity contribution in [1.29, 1.82) is 0 Å². The van der Waals surface area contributed by atoms with Gasteiger partial charge in [0, 0.05) is 29.1 Å². The summed E-state index contributed by atoms with van der Waals surface area (Å²) in [5, 5.41) is 5.90. The van der Waals surface area contributed by atoms with Crippen molar-refractivity contribution in [3.8, 4) is 0 Å². The fraction of sp³-hybridized carbons (Fsp3) is 0.600. The molecule has 0 aliphatic carbocycles. The van der Waals surface area contributed by atoms with Crippen molar-refractivity contribution in [1.82, 2.24) is 5.32 Å². The van der Waals surface area contributed by atoms with E-state index in [2.05, 4.69) is 28.5 Å². The van der Waals surface area contributed by atoms with Crippen molar-refractivity contribution in [3.05, 3.63) is 21.9 Å². The van der Waals surface area contributed by atoms with Gasteiger partial charge in [-0.05, 0) is 29.2 Å². The second kappa shape index (κ2) is 3.30. The Bertz CT molecular complexity index is 308. The molecule has 1 nitrogen and oxygen atoms in total. The number of thioether (sulfide) groups is 1. The number of rotatable bonds is 0. The summed E-state index contributed by atoms with van der Waals surface area (Å²) in [6.45, 7) is 1.11. The lowest BCUT2D eigenvalue weighted by molar-refractivity contribution is 0.412. The lowest BCUT2D eigenvalue weighted by Crippen LogP contribution is -2.42. The van der Waals surface area contributed by atoms with Crippen LogP contribution >= 0.6 is 23.1 Å². The summed E-state index contributed by atoms with van der Waals surface area (Å²) in [5.74, 6) is 3.46. The molecule has 3 rings (SSSR count). The summed E-state index contributed by atoms with van der Waals surface area (Å²) in [5.41, 5.74) is 1.64. The first-order valence-electron chi connectivity index (χ1n) is 4.82. The number of fused-ring (bicyclic) bond motifs is 3. The van der Waals surface area contributed by atoms with E-state index in [0.29, 0.717) is 0 Å². The highest BCUT2D eigenvalue weighted by Crippen LogP contribution is 2.38. The molecule has 0 radical (unpaired) electrons. The maximum Gasteiger partial charge on any atom is 0.0305 e. The van der Waals surface area contributed by atoms with Gasteiger partial charge < -0.3 is 5.32 Å². The van der Waals surface area contributed by atoms with Crippen molar-refractivity contribution in [2.45, 2.75) is 24.9 Å². The molecule has 3 heterocycles. The first-order chi connectivity index (χ1) is 6.45. The number of thiophene rings is 1. The molecule has 0 bridgehead atoms. The Labute approximate surface area is 86.9 Å². The van der Waals surface area contributed by atoms with Gasteiger partial charge in [0.1, 0.15) is 0 Å². The smallest absolute Gasteiger partial charge is 0.0305 e. The van der Waals surface area contributed by atoms with Gasteiger partial charge >= 0.3 is 0 Å². The third kappa shape index (κ3) is 1.34. The van der Waals surface area contributed by atoms with Gasteiger partial charge in [0.15, 0.2) is 0 Å². The second-order valence-corrected chi connectivity index (χ2v) is 5.91. The SMILES string of the molecule is c1cc2c(s1)CNC1CCSCC21. The number of hydrogen-bond acceptors (Lipinski definition) is 3. The van der Waals surface area contributed by atoms with Gasteiger partial charge in [0.2, 0.25) is 0 Å². The third-order valence-corrected chi connectivity index (χ3v) is 5.12. The van der Waals surface area contributed by atoms with Gasteiger partial charge in [-0.1, -0.05) is 0 Å². The standard InChI is InChI=1S/C10H13NS2/c1-4-13-10-5-11-9-2-3-12-6-8(9)7(1)10/h1,4,8-9,11H,2-3,5-6H2. The minimum absolute atomic E-state index is 0.767. The molecule has 1 fully saturated rings. The van der Waals surface area contributed by atoms with E-state index in [-0.39, 0.29) is 0 Å². The molecule has 70 valence electrons. The summed E-state index contributed by atoms with van der Waals surface area (Å²) >= 11 is 4.02. The molecule has 13 heavy (non-hydrogen) atoms. The molecule has 2 aliphatic rings. The zero-order valence-corrected chi connectivity index (χ0v) is 9.09. The highest BCUT2D eigenvalue weighted by atomic mass is 32.2. The van der Waals surface area contributed by atoms with E-state index in [9.17, 15) is 0 Å². The maximum atomic E-state index is 3.66. The largest absolute Gasteiger partial charge is 0.308 e. The average molecular weight is 211 g/mol. The van der Waals surface area contributed by atoms with E-state index < -0.39 is 0 Å². The molecular weight excluding hydrogens is 198 g/mol. The van der Waals surface area contributed by atoms with E-state index >= 15 is 0 Å². The first kappa shape index (κ1) is 8.33. The Morgan fingerprint density at radius 1 is 1.46 bits per heavy atom. The van der Waals surface area contributed by atoms with Crippen LogP contribution in [0.2, 0.25) is 0 Å². The van der Waals surface area contributed by atoms with Gasteiger partial charge in [0.25, 0.3) is 0 Å². The van der Waals surface area contributed by atoms with E-state index in [4.69, 9.17) is 0 Å². The van der Waals surface area contributed by atoms with Crippen LogP contribution in [0.5, 0.6) is 0 Å². The fourth-order valence-electron chi connectivity index (χ4n) is 2.34. The van der Waals surface area contributed by atoms with Gasteiger partial charge in [-0.25, -0.2) is 0 Å². The highest BCUT2D eigenvalue weighted by molar-refractivity contribution is 7.99. The van der Waals surface area contributed by atoms with Crippen molar-refractivity contribution >= 4 is 23.1 Å². The highest BCUT2D eigenvalue weighted by Gasteiger charge is 2.31. The Hall–Kier alpha value is 0.01000. The van der Waals surface area contributed by atoms with Crippen molar-refractivity contribution in [2.24, 2.45) is 0 Å². The molecule has 2 aliphatic heterocycles. The van der Waals surface area contributed by atoms with Gasteiger partial charge in [-0.3, -0.25) is 0 Å². The predicted molar refractivity (Wildman–Crippen MR) is 59.6 cm³/mol. The normalized spacial score (nSPS) is 32.3. The zero-order valence-electron chi connectivity index (χ0n) is 7.45. The van der Waals surface area contributed by atoms with Crippen molar-refractivity contribution in [2.75, 3.05) is 11.5 Å². The van der Waals surface area contributed by atoms with Crippen LogP contribution in [0.3, 0.4) is 0 Å². The quantitative estimate of drug-likeness (QED) is 0.707. The molecule has 1 aromatic heterocycles. The molecular formula is C10H13NS2. The van der Waals surface area contributed by atoms with Crippen LogP contribution in [0.25, 0.3) is 0 Å². The summed E-state index contributed by atoms with van der Waals surface area (Å²) in [6, 6.07) is 3.10. The first-order valence-corrected chi connectivity index (χ1v) is 6.86. The van der Waals surface area contributed by atoms with Crippen molar-refractivity contribution < 1.29 is 0 Å². The Morgan fingerprint density at radius 2 is 2.46 bits per heavy atom. The minimum Gasteiger partial charge on any atom is -0.308 e. The summed E-state index contributed by atoms with van der Waals surface area (Å²) in [4.78, 5) is 1.57. The molecule has 1 saturated heterocycles. The van der Waals surface area contributed by atoms with E-state index in [1.807, 2.05) is 11.3 Å². The molecule has 3 heteroatoms. The van der Waals surface area contributed by atoms with Gasteiger partial charge in [-0.15, -0.1) is 11.3 Å². The van der Waals surface area contributed by atoms with Crippen LogP contribution in [0, 0.1) is 0 Å². The third-order valence-electron chi connectivity index (χ3n) is 3.06.